The van der Waals surface area contributed by atoms with Gasteiger partial charge in [0.25, 0.3) is 0 Å². The molecule has 1 aromatic carbocycles. The molecule has 1 saturated carbocycles. The third kappa shape index (κ3) is 3.64. The lowest BCUT2D eigenvalue weighted by Gasteiger charge is -2.21. The summed E-state index contributed by atoms with van der Waals surface area (Å²) in [5.41, 5.74) is 0.580. The summed E-state index contributed by atoms with van der Waals surface area (Å²) >= 11 is 0. The summed E-state index contributed by atoms with van der Waals surface area (Å²) in [6.45, 7) is 2.74. The van der Waals surface area contributed by atoms with E-state index in [-0.39, 0.29) is 5.25 Å². The monoisotopic (exact) mass is 330 g/mol. The fraction of sp³-hybridized carbons (Fsp3) is 0.600. The SMILES string of the molecule is O=S(=O)(C1CC1)N1CCCN(Cc2cc(F)cc(F)c2)CC1. The Labute approximate surface area is 129 Å². The molecule has 1 heterocycles. The highest BCUT2D eigenvalue weighted by Crippen LogP contribution is 2.31. The van der Waals surface area contributed by atoms with Crippen molar-refractivity contribution in [1.82, 2.24) is 9.21 Å². The molecule has 22 heavy (non-hydrogen) atoms. The van der Waals surface area contributed by atoms with Crippen LogP contribution in [0.1, 0.15) is 24.8 Å². The number of hydrogen-bond acceptors (Lipinski definition) is 3. The van der Waals surface area contributed by atoms with Crippen molar-refractivity contribution in [3.63, 3.8) is 0 Å². The molecule has 0 bridgehead atoms. The minimum atomic E-state index is -3.14. The Bertz CT molecular complexity index is 627. The summed E-state index contributed by atoms with van der Waals surface area (Å²) in [6, 6.07) is 3.51. The van der Waals surface area contributed by atoms with Crippen LogP contribution in [0.2, 0.25) is 0 Å². The minimum Gasteiger partial charge on any atom is -0.298 e. The van der Waals surface area contributed by atoms with E-state index in [4.69, 9.17) is 0 Å². The van der Waals surface area contributed by atoms with Gasteiger partial charge in [0.1, 0.15) is 11.6 Å². The van der Waals surface area contributed by atoms with E-state index in [0.29, 0.717) is 31.7 Å². The normalized spacial score (nSPS) is 21.7. The van der Waals surface area contributed by atoms with Crippen molar-refractivity contribution >= 4 is 10.0 Å². The number of nitrogens with zero attached hydrogens (tertiary/aromatic N) is 2. The average Bonchev–Trinajstić information content (AvgIpc) is 3.25. The Hall–Kier alpha value is -1.05. The highest BCUT2D eigenvalue weighted by Gasteiger charge is 2.40. The van der Waals surface area contributed by atoms with Crippen LogP contribution in [0.5, 0.6) is 0 Å². The van der Waals surface area contributed by atoms with Crippen molar-refractivity contribution in [2.45, 2.75) is 31.1 Å². The fourth-order valence-electron chi connectivity index (χ4n) is 2.90. The van der Waals surface area contributed by atoms with Gasteiger partial charge in [0.15, 0.2) is 0 Å². The third-order valence-corrected chi connectivity index (χ3v) is 6.58. The maximum Gasteiger partial charge on any atom is 0.217 e. The van der Waals surface area contributed by atoms with E-state index in [1.807, 2.05) is 0 Å². The van der Waals surface area contributed by atoms with Gasteiger partial charge >= 0.3 is 0 Å². The van der Waals surface area contributed by atoms with Gasteiger partial charge in [-0.15, -0.1) is 0 Å². The second kappa shape index (κ2) is 6.22. The van der Waals surface area contributed by atoms with Gasteiger partial charge < -0.3 is 0 Å². The number of halogens is 2. The Morgan fingerprint density at radius 2 is 1.68 bits per heavy atom. The lowest BCUT2D eigenvalue weighted by Crippen LogP contribution is -2.37. The van der Waals surface area contributed by atoms with Crippen molar-refractivity contribution in [2.75, 3.05) is 26.2 Å². The Morgan fingerprint density at radius 1 is 1.00 bits per heavy atom. The molecule has 2 fully saturated rings. The Balaban J connectivity index is 1.63. The number of sulfonamides is 1. The van der Waals surface area contributed by atoms with Gasteiger partial charge in [-0.2, -0.15) is 0 Å². The van der Waals surface area contributed by atoms with Crippen molar-refractivity contribution < 1.29 is 17.2 Å². The first-order chi connectivity index (χ1) is 10.4. The molecule has 0 spiro atoms. The summed E-state index contributed by atoms with van der Waals surface area (Å²) in [5.74, 6) is -1.16. The van der Waals surface area contributed by atoms with Gasteiger partial charge in [-0.1, -0.05) is 0 Å². The standard InChI is InChI=1S/C15H20F2N2O2S/c16-13-8-12(9-14(17)10-13)11-18-4-1-5-19(7-6-18)22(20,21)15-2-3-15/h8-10,15H,1-7,11H2. The fourth-order valence-corrected chi connectivity index (χ4v) is 4.77. The first kappa shape index (κ1) is 15.8. The smallest absolute Gasteiger partial charge is 0.217 e. The summed E-state index contributed by atoms with van der Waals surface area (Å²) in [6.07, 6.45) is 2.28. The molecular weight excluding hydrogens is 310 g/mol. The highest BCUT2D eigenvalue weighted by atomic mass is 32.2. The third-order valence-electron chi connectivity index (χ3n) is 4.18. The quantitative estimate of drug-likeness (QED) is 0.847. The van der Waals surface area contributed by atoms with E-state index >= 15 is 0 Å². The van der Waals surface area contributed by atoms with Gasteiger partial charge in [-0.3, -0.25) is 4.90 Å². The number of hydrogen-bond donors (Lipinski definition) is 0. The maximum atomic E-state index is 13.2. The molecule has 7 heteroatoms. The largest absolute Gasteiger partial charge is 0.298 e. The van der Waals surface area contributed by atoms with Crippen molar-refractivity contribution in [3.05, 3.63) is 35.4 Å². The van der Waals surface area contributed by atoms with Gasteiger partial charge in [-0.25, -0.2) is 21.5 Å². The molecule has 2 aliphatic rings. The zero-order chi connectivity index (χ0) is 15.7. The van der Waals surface area contributed by atoms with Crippen molar-refractivity contribution in [1.29, 1.82) is 0 Å². The molecule has 0 amide bonds. The van der Waals surface area contributed by atoms with Crippen LogP contribution >= 0.6 is 0 Å². The molecule has 1 aromatic rings. The topological polar surface area (TPSA) is 40.6 Å². The van der Waals surface area contributed by atoms with Crippen LogP contribution in [0.3, 0.4) is 0 Å². The molecule has 1 aliphatic heterocycles. The van der Waals surface area contributed by atoms with Crippen LogP contribution in [-0.4, -0.2) is 49.1 Å². The first-order valence-electron chi connectivity index (χ1n) is 7.61. The molecular formula is C15H20F2N2O2S. The lowest BCUT2D eigenvalue weighted by molar-refractivity contribution is 0.278. The van der Waals surface area contributed by atoms with E-state index in [9.17, 15) is 17.2 Å². The lowest BCUT2D eigenvalue weighted by atomic mass is 10.2. The Morgan fingerprint density at radius 3 is 2.32 bits per heavy atom. The minimum absolute atomic E-state index is 0.184. The predicted octanol–water partition coefficient (Wildman–Crippen LogP) is 1.96. The number of benzene rings is 1. The zero-order valence-corrected chi connectivity index (χ0v) is 13.2. The summed E-state index contributed by atoms with van der Waals surface area (Å²) in [7, 11) is -3.14. The van der Waals surface area contributed by atoms with Gasteiger partial charge in [0, 0.05) is 32.2 Å². The average molecular weight is 330 g/mol. The molecule has 0 unspecified atom stereocenters. The van der Waals surface area contributed by atoms with Crippen LogP contribution in [0.15, 0.2) is 18.2 Å². The van der Waals surface area contributed by atoms with E-state index < -0.39 is 21.7 Å². The Kier molecular flexibility index (Phi) is 4.47. The van der Waals surface area contributed by atoms with Gasteiger partial charge in [0.2, 0.25) is 10.0 Å². The molecule has 122 valence electrons. The van der Waals surface area contributed by atoms with Crippen LogP contribution < -0.4 is 0 Å². The van der Waals surface area contributed by atoms with Gasteiger partial charge in [-0.05, 0) is 43.5 Å². The first-order valence-corrected chi connectivity index (χ1v) is 9.12. The van der Waals surface area contributed by atoms with Crippen molar-refractivity contribution in [3.8, 4) is 0 Å². The predicted molar refractivity (Wildman–Crippen MR) is 79.8 cm³/mol. The van der Waals surface area contributed by atoms with E-state index in [1.165, 1.54) is 12.1 Å². The van der Waals surface area contributed by atoms with Crippen LogP contribution in [0, 0.1) is 11.6 Å². The second-order valence-corrected chi connectivity index (χ2v) is 8.26. The summed E-state index contributed by atoms with van der Waals surface area (Å²) in [4.78, 5) is 2.05. The van der Waals surface area contributed by atoms with E-state index in [2.05, 4.69) is 4.90 Å². The summed E-state index contributed by atoms with van der Waals surface area (Å²) in [5, 5.41) is -0.184. The van der Waals surface area contributed by atoms with E-state index in [0.717, 1.165) is 31.9 Å². The van der Waals surface area contributed by atoms with Crippen molar-refractivity contribution in [2.24, 2.45) is 0 Å². The molecule has 1 aliphatic carbocycles. The zero-order valence-electron chi connectivity index (χ0n) is 12.3. The highest BCUT2D eigenvalue weighted by molar-refractivity contribution is 7.90. The number of rotatable bonds is 4. The molecule has 4 nitrogen and oxygen atoms in total. The molecule has 1 saturated heterocycles. The molecule has 0 radical (unpaired) electrons. The molecule has 0 atom stereocenters. The molecule has 0 N–H and O–H groups in total. The maximum absolute atomic E-state index is 13.2. The molecule has 3 rings (SSSR count). The van der Waals surface area contributed by atoms with Gasteiger partial charge in [0.05, 0.1) is 5.25 Å². The summed E-state index contributed by atoms with van der Waals surface area (Å²) < 4.78 is 52.6. The van der Waals surface area contributed by atoms with Crippen LogP contribution in [0.25, 0.3) is 0 Å². The van der Waals surface area contributed by atoms with Crippen LogP contribution in [-0.2, 0) is 16.6 Å². The van der Waals surface area contributed by atoms with Crippen LogP contribution in [0.4, 0.5) is 8.78 Å². The van der Waals surface area contributed by atoms with E-state index in [1.54, 1.807) is 4.31 Å². The second-order valence-electron chi connectivity index (χ2n) is 6.05. The molecule has 0 aromatic heterocycles.